The van der Waals surface area contributed by atoms with Crippen LogP contribution in [0.1, 0.15) is 55.7 Å². The number of aliphatic carboxylic acids is 1. The van der Waals surface area contributed by atoms with Crippen molar-refractivity contribution >= 4 is 35.2 Å². The number of alkyl halides is 2. The van der Waals surface area contributed by atoms with Crippen molar-refractivity contribution in [1.82, 2.24) is 20.4 Å². The van der Waals surface area contributed by atoms with Gasteiger partial charge in [-0.05, 0) is 48.9 Å². The maximum Gasteiger partial charge on any atom is 0.317 e. The molecule has 0 saturated carbocycles. The van der Waals surface area contributed by atoms with Gasteiger partial charge in [0.15, 0.2) is 0 Å². The van der Waals surface area contributed by atoms with Crippen LogP contribution in [0.5, 0.6) is 0 Å². The number of fused-ring (bicyclic) bond motifs is 1. The minimum Gasteiger partial charge on any atom is -0.480 e. The quantitative estimate of drug-likeness (QED) is 0.227. The predicted octanol–water partition coefficient (Wildman–Crippen LogP) is 3.21. The molecule has 0 spiro atoms. The third-order valence-corrected chi connectivity index (χ3v) is 8.04. The van der Waals surface area contributed by atoms with Crippen LogP contribution in [-0.2, 0) is 16.0 Å². The van der Waals surface area contributed by atoms with Crippen LogP contribution in [0, 0.1) is 10.8 Å². The predicted molar refractivity (Wildman–Crippen MR) is 155 cm³/mol. The first-order valence-electron chi connectivity index (χ1n) is 14.0. The molecule has 3 heterocycles. The number of hydrogen-bond donors (Lipinski definition) is 5. The van der Waals surface area contributed by atoms with Crippen molar-refractivity contribution < 1.29 is 23.5 Å². The van der Waals surface area contributed by atoms with Crippen LogP contribution < -0.4 is 15.5 Å². The first-order valence-corrected chi connectivity index (χ1v) is 14.0. The van der Waals surface area contributed by atoms with Crippen LogP contribution in [0.15, 0.2) is 29.6 Å². The Balaban J connectivity index is 1.66. The Bertz CT molecular complexity index is 1260. The molecular formula is C29H39F2N7O3. The van der Waals surface area contributed by atoms with Gasteiger partial charge in [-0.25, -0.2) is 8.78 Å². The molecule has 222 valence electrons. The highest BCUT2D eigenvalue weighted by Gasteiger charge is 2.32. The van der Waals surface area contributed by atoms with Gasteiger partial charge in [-0.15, -0.1) is 0 Å². The van der Waals surface area contributed by atoms with Crippen LogP contribution in [0.2, 0.25) is 0 Å². The van der Waals surface area contributed by atoms with E-state index in [-0.39, 0.29) is 36.4 Å². The van der Waals surface area contributed by atoms with Crippen molar-refractivity contribution in [3.63, 3.8) is 0 Å². The fourth-order valence-electron chi connectivity index (χ4n) is 5.91. The van der Waals surface area contributed by atoms with Crippen LogP contribution in [0.25, 0.3) is 5.57 Å². The molecule has 0 radical (unpaired) electrons. The number of hydrogen-bond acceptors (Lipinski definition) is 7. The number of benzene rings is 1. The zero-order valence-electron chi connectivity index (χ0n) is 23.6. The number of nitrogens with one attached hydrogen (secondary N) is 4. The zero-order valence-corrected chi connectivity index (χ0v) is 23.6. The van der Waals surface area contributed by atoms with Crippen molar-refractivity contribution in [1.29, 1.82) is 10.8 Å². The zero-order chi connectivity index (χ0) is 29.7. The number of piperidine rings is 1. The number of amidine groups is 1. The number of rotatable bonds is 9. The van der Waals surface area contributed by atoms with Gasteiger partial charge in [0.1, 0.15) is 5.84 Å². The number of carbonyl (C=O) groups excluding carboxylic acids is 1. The first kappa shape index (κ1) is 30.2. The summed E-state index contributed by atoms with van der Waals surface area (Å²) in [5.74, 6) is -0.744. The number of likely N-dealkylation sites (tertiary alicyclic amines) is 1. The highest BCUT2D eigenvalue weighted by molar-refractivity contribution is 6.11. The highest BCUT2D eigenvalue weighted by Crippen LogP contribution is 2.38. The van der Waals surface area contributed by atoms with E-state index in [9.17, 15) is 23.8 Å². The second-order valence-electron chi connectivity index (χ2n) is 10.7. The highest BCUT2D eigenvalue weighted by atomic mass is 19.3. The van der Waals surface area contributed by atoms with E-state index in [0.29, 0.717) is 61.4 Å². The van der Waals surface area contributed by atoms with E-state index in [0.717, 1.165) is 36.7 Å². The van der Waals surface area contributed by atoms with Gasteiger partial charge in [0.05, 0.1) is 13.1 Å². The Kier molecular flexibility index (Phi) is 9.74. The van der Waals surface area contributed by atoms with Gasteiger partial charge in [0.2, 0.25) is 5.91 Å². The molecule has 3 aliphatic heterocycles. The molecule has 1 fully saturated rings. The Morgan fingerprint density at radius 1 is 1.17 bits per heavy atom. The largest absolute Gasteiger partial charge is 0.480 e. The smallest absolute Gasteiger partial charge is 0.317 e. The molecule has 12 heteroatoms. The summed E-state index contributed by atoms with van der Waals surface area (Å²) in [6, 6.07) is 3.28. The number of carbonyl (C=O) groups is 2. The minimum absolute atomic E-state index is 0.0155. The van der Waals surface area contributed by atoms with E-state index in [4.69, 9.17) is 10.5 Å². The Labute approximate surface area is 239 Å². The lowest BCUT2D eigenvalue weighted by Crippen LogP contribution is -2.48. The Morgan fingerprint density at radius 2 is 1.90 bits per heavy atom. The molecule has 1 saturated heterocycles. The molecule has 0 atom stereocenters. The molecule has 1 aromatic rings. The molecule has 4 rings (SSSR count). The second kappa shape index (κ2) is 13.2. The fraction of sp³-hybridized carbons (Fsp3) is 0.517. The van der Waals surface area contributed by atoms with E-state index in [1.165, 1.54) is 19.2 Å². The van der Waals surface area contributed by atoms with Gasteiger partial charge in [-0.3, -0.25) is 19.9 Å². The van der Waals surface area contributed by atoms with Gasteiger partial charge in [-0.2, -0.15) is 0 Å². The summed E-state index contributed by atoms with van der Waals surface area (Å²) in [5, 5.41) is 32.5. The summed E-state index contributed by atoms with van der Waals surface area (Å²) in [6.45, 7) is 4.09. The molecule has 3 aliphatic rings. The van der Waals surface area contributed by atoms with Crippen molar-refractivity contribution in [2.75, 3.05) is 51.2 Å². The van der Waals surface area contributed by atoms with E-state index in [1.807, 2.05) is 4.90 Å². The molecule has 5 N–H and O–H groups in total. The van der Waals surface area contributed by atoms with E-state index in [1.54, 1.807) is 22.9 Å². The summed E-state index contributed by atoms with van der Waals surface area (Å²) < 4.78 is 28.6. The topological polar surface area (TPSA) is 136 Å². The molecule has 10 nitrogen and oxygen atoms in total. The van der Waals surface area contributed by atoms with Crippen molar-refractivity contribution in [3.05, 3.63) is 46.3 Å². The van der Waals surface area contributed by atoms with Crippen LogP contribution in [-0.4, -0.2) is 91.2 Å². The lowest BCUT2D eigenvalue weighted by molar-refractivity contribution is -0.138. The minimum atomic E-state index is -2.76. The normalized spacial score (nSPS) is 18.8. The fourth-order valence-corrected chi connectivity index (χ4v) is 5.91. The van der Waals surface area contributed by atoms with Gasteiger partial charge >= 0.3 is 5.97 Å². The maximum absolute atomic E-state index is 14.3. The summed E-state index contributed by atoms with van der Waals surface area (Å²) in [6.07, 6.45) is 3.28. The SMILES string of the molecule is CN/C=C(\C=N)c1cc2c(cc1C(F)F)N(C(=N)C1=C(NC3CCN(CC(=O)O)CC3)CCN(C(C)=O)C1)CCC2. The van der Waals surface area contributed by atoms with Gasteiger partial charge < -0.3 is 30.9 Å². The van der Waals surface area contributed by atoms with Crippen molar-refractivity contribution in [2.24, 2.45) is 0 Å². The molecule has 0 aromatic heterocycles. The summed E-state index contributed by atoms with van der Waals surface area (Å²) >= 11 is 0. The summed E-state index contributed by atoms with van der Waals surface area (Å²) in [5.41, 5.74) is 3.41. The molecule has 0 aliphatic carbocycles. The van der Waals surface area contributed by atoms with E-state index in [2.05, 4.69) is 10.6 Å². The number of aryl methyl sites for hydroxylation is 1. The summed E-state index contributed by atoms with van der Waals surface area (Å²) in [7, 11) is 1.65. The number of carboxylic acids is 1. The average Bonchev–Trinajstić information content (AvgIpc) is 2.95. The maximum atomic E-state index is 14.3. The lowest BCUT2D eigenvalue weighted by atomic mass is 9.91. The van der Waals surface area contributed by atoms with Crippen LogP contribution in [0.3, 0.4) is 0 Å². The standard InChI is InChI=1S/C29H39F2N7O3/c1-18(39)37-11-7-25(35-21-5-9-36(10-6-21)17-27(40)41)24(16-37)29(33)38-8-3-4-19-12-22(20(14-32)15-34-2)23(28(30)31)13-26(19)38/h12-15,21,28,32-35H,3-11,16-17H2,1-2H3,(H,40,41)/b20-15+,32-14?,33-29?. The molecule has 0 bridgehead atoms. The molecule has 1 amide bonds. The number of anilines is 1. The van der Waals surface area contributed by atoms with Gasteiger partial charge in [0, 0.05) is 93.1 Å². The third-order valence-electron chi connectivity index (χ3n) is 8.04. The van der Waals surface area contributed by atoms with Gasteiger partial charge in [0.25, 0.3) is 6.43 Å². The van der Waals surface area contributed by atoms with Gasteiger partial charge in [-0.1, -0.05) is 0 Å². The average molecular weight is 572 g/mol. The number of amides is 1. The third kappa shape index (κ3) is 6.92. The number of halogens is 2. The Hall–Kier alpha value is -3.80. The number of nitrogens with zero attached hydrogens (tertiary/aromatic N) is 3. The molecule has 0 unspecified atom stereocenters. The summed E-state index contributed by atoms with van der Waals surface area (Å²) in [4.78, 5) is 28.8. The monoisotopic (exact) mass is 571 g/mol. The molecule has 1 aromatic carbocycles. The van der Waals surface area contributed by atoms with Crippen molar-refractivity contribution in [3.8, 4) is 0 Å². The second-order valence-corrected chi connectivity index (χ2v) is 10.7. The van der Waals surface area contributed by atoms with E-state index >= 15 is 0 Å². The number of carboxylic acid groups (broad SMARTS) is 1. The lowest BCUT2D eigenvalue weighted by Gasteiger charge is -2.39. The van der Waals surface area contributed by atoms with Crippen molar-refractivity contribution in [2.45, 2.75) is 51.5 Å². The number of allylic oxidation sites excluding steroid dienone is 1. The van der Waals surface area contributed by atoms with E-state index < -0.39 is 12.4 Å². The van der Waals surface area contributed by atoms with Crippen LogP contribution in [0.4, 0.5) is 14.5 Å². The molecule has 41 heavy (non-hydrogen) atoms. The first-order chi connectivity index (χ1) is 19.6. The Morgan fingerprint density at radius 3 is 2.51 bits per heavy atom. The molecular weight excluding hydrogens is 532 g/mol. The van der Waals surface area contributed by atoms with Crippen LogP contribution >= 0.6 is 0 Å².